The van der Waals surface area contributed by atoms with Crippen LogP contribution in [0.4, 0.5) is 0 Å². The molecule has 0 amide bonds. The fraction of sp³-hybridized carbons (Fsp3) is 0.625. The van der Waals surface area contributed by atoms with Gasteiger partial charge >= 0.3 is 0 Å². The second-order valence-corrected chi connectivity index (χ2v) is 5.76. The summed E-state index contributed by atoms with van der Waals surface area (Å²) in [5.41, 5.74) is 2.28. The Hall–Kier alpha value is -0.860. The Labute approximate surface area is 111 Å². The maximum absolute atomic E-state index is 10.3. The molecule has 0 aromatic heterocycles. The van der Waals surface area contributed by atoms with Gasteiger partial charge in [-0.05, 0) is 50.8 Å². The summed E-state index contributed by atoms with van der Waals surface area (Å²) in [7, 11) is 0. The fourth-order valence-corrected chi connectivity index (χ4v) is 2.64. The van der Waals surface area contributed by atoms with Gasteiger partial charge in [0.15, 0.2) is 0 Å². The molecule has 1 aromatic carbocycles. The number of likely N-dealkylation sites (tertiary alicyclic amines) is 1. The second-order valence-electron chi connectivity index (χ2n) is 5.76. The highest BCUT2D eigenvalue weighted by molar-refractivity contribution is 5.23. The predicted octanol–water partition coefficient (Wildman–Crippen LogP) is 3.15. The van der Waals surface area contributed by atoms with Crippen LogP contribution in [0.3, 0.4) is 0 Å². The van der Waals surface area contributed by atoms with Crippen molar-refractivity contribution >= 4 is 0 Å². The molecule has 1 heterocycles. The molecule has 0 bridgehead atoms. The van der Waals surface area contributed by atoms with Crippen LogP contribution < -0.4 is 0 Å². The number of aliphatic hydroxyl groups excluding tert-OH is 1. The van der Waals surface area contributed by atoms with Crippen molar-refractivity contribution in [3.8, 4) is 0 Å². The molecule has 1 saturated heterocycles. The van der Waals surface area contributed by atoms with E-state index in [1.54, 1.807) is 0 Å². The molecule has 2 heteroatoms. The van der Waals surface area contributed by atoms with Crippen molar-refractivity contribution in [1.82, 2.24) is 4.90 Å². The van der Waals surface area contributed by atoms with E-state index in [1.807, 2.05) is 12.1 Å². The van der Waals surface area contributed by atoms with Gasteiger partial charge in [-0.1, -0.05) is 36.8 Å². The van der Waals surface area contributed by atoms with Gasteiger partial charge in [-0.25, -0.2) is 0 Å². The molecule has 0 spiro atoms. The minimum absolute atomic E-state index is 0.348. The molecule has 2 atom stereocenters. The lowest BCUT2D eigenvalue weighted by molar-refractivity contribution is 0.114. The van der Waals surface area contributed by atoms with Crippen LogP contribution in [-0.4, -0.2) is 29.6 Å². The van der Waals surface area contributed by atoms with E-state index in [-0.39, 0.29) is 6.10 Å². The highest BCUT2D eigenvalue weighted by Gasteiger charge is 2.17. The zero-order chi connectivity index (χ0) is 13.0. The summed E-state index contributed by atoms with van der Waals surface area (Å²) in [6, 6.07) is 8.23. The highest BCUT2D eigenvalue weighted by atomic mass is 16.3. The molecule has 100 valence electrons. The first-order valence-corrected chi connectivity index (χ1v) is 7.12. The van der Waals surface area contributed by atoms with E-state index in [1.165, 1.54) is 24.8 Å². The molecule has 2 rings (SSSR count). The molecule has 1 fully saturated rings. The van der Waals surface area contributed by atoms with Crippen LogP contribution in [0.15, 0.2) is 24.3 Å². The van der Waals surface area contributed by atoms with Gasteiger partial charge in [0.2, 0.25) is 0 Å². The number of aryl methyl sites for hydroxylation is 1. The summed E-state index contributed by atoms with van der Waals surface area (Å²) >= 11 is 0. The van der Waals surface area contributed by atoms with Gasteiger partial charge in [-0.3, -0.25) is 0 Å². The topological polar surface area (TPSA) is 23.5 Å². The molecule has 0 saturated carbocycles. The van der Waals surface area contributed by atoms with Gasteiger partial charge in [-0.15, -0.1) is 0 Å². The first-order valence-electron chi connectivity index (χ1n) is 7.12. The Morgan fingerprint density at radius 2 is 1.94 bits per heavy atom. The Balaban J connectivity index is 1.90. The molecule has 18 heavy (non-hydrogen) atoms. The van der Waals surface area contributed by atoms with Crippen LogP contribution in [0.25, 0.3) is 0 Å². The van der Waals surface area contributed by atoms with Gasteiger partial charge in [0, 0.05) is 6.54 Å². The molecule has 0 radical (unpaired) electrons. The SMILES string of the molecule is Cc1ccc(C(O)CN2CCCC(C)CC2)cc1. The zero-order valence-corrected chi connectivity index (χ0v) is 11.6. The Bertz CT molecular complexity index is 360. The number of benzene rings is 1. The monoisotopic (exact) mass is 247 g/mol. The van der Waals surface area contributed by atoms with Crippen molar-refractivity contribution in [3.05, 3.63) is 35.4 Å². The predicted molar refractivity (Wildman–Crippen MR) is 75.6 cm³/mol. The van der Waals surface area contributed by atoms with Crippen LogP contribution in [0.1, 0.15) is 43.4 Å². The van der Waals surface area contributed by atoms with Crippen LogP contribution in [-0.2, 0) is 0 Å². The maximum Gasteiger partial charge on any atom is 0.0916 e. The van der Waals surface area contributed by atoms with Crippen molar-refractivity contribution in [2.45, 2.75) is 39.2 Å². The standard InChI is InChI=1S/C16H25NO/c1-13-4-3-10-17(11-9-13)12-16(18)15-7-5-14(2)6-8-15/h5-8,13,16,18H,3-4,9-12H2,1-2H3. The minimum atomic E-state index is -0.348. The Kier molecular flexibility index (Phi) is 4.79. The normalized spacial score (nSPS) is 23.6. The molecular formula is C16H25NO. The van der Waals surface area contributed by atoms with Gasteiger partial charge in [0.05, 0.1) is 6.10 Å². The van der Waals surface area contributed by atoms with E-state index >= 15 is 0 Å². The van der Waals surface area contributed by atoms with Crippen molar-refractivity contribution in [3.63, 3.8) is 0 Å². The quantitative estimate of drug-likeness (QED) is 0.887. The third-order valence-corrected chi connectivity index (χ3v) is 4.00. The molecule has 2 unspecified atom stereocenters. The van der Waals surface area contributed by atoms with E-state index in [2.05, 4.69) is 30.9 Å². The fourth-order valence-electron chi connectivity index (χ4n) is 2.64. The second kappa shape index (κ2) is 6.35. The molecule has 1 N–H and O–H groups in total. The smallest absolute Gasteiger partial charge is 0.0916 e. The van der Waals surface area contributed by atoms with Crippen LogP contribution in [0.2, 0.25) is 0 Å². The van der Waals surface area contributed by atoms with Crippen LogP contribution in [0, 0.1) is 12.8 Å². The first kappa shape index (κ1) is 13.6. The zero-order valence-electron chi connectivity index (χ0n) is 11.6. The number of nitrogens with zero attached hydrogens (tertiary/aromatic N) is 1. The van der Waals surface area contributed by atoms with Gasteiger partial charge in [0.1, 0.15) is 0 Å². The minimum Gasteiger partial charge on any atom is -0.387 e. The molecule has 1 aliphatic rings. The lowest BCUT2D eigenvalue weighted by atomic mass is 10.0. The maximum atomic E-state index is 10.3. The van der Waals surface area contributed by atoms with Gasteiger partial charge in [0.25, 0.3) is 0 Å². The molecule has 1 aromatic rings. The van der Waals surface area contributed by atoms with Crippen LogP contribution >= 0.6 is 0 Å². The summed E-state index contributed by atoms with van der Waals surface area (Å²) in [5, 5.41) is 10.3. The van der Waals surface area contributed by atoms with E-state index in [0.29, 0.717) is 0 Å². The van der Waals surface area contributed by atoms with Gasteiger partial charge in [-0.2, -0.15) is 0 Å². The lowest BCUT2D eigenvalue weighted by Crippen LogP contribution is -2.29. The number of hydrogen-bond donors (Lipinski definition) is 1. The third kappa shape index (κ3) is 3.82. The number of β-amino-alcohol motifs (C(OH)–C–C–N with tert-alkyl or cyclic N) is 1. The number of rotatable bonds is 3. The van der Waals surface area contributed by atoms with E-state index in [9.17, 15) is 5.11 Å². The summed E-state index contributed by atoms with van der Waals surface area (Å²) in [6.45, 7) is 7.44. The van der Waals surface area contributed by atoms with Crippen molar-refractivity contribution in [2.24, 2.45) is 5.92 Å². The number of aliphatic hydroxyl groups is 1. The number of hydrogen-bond acceptors (Lipinski definition) is 2. The first-order chi connectivity index (χ1) is 8.65. The molecule has 1 aliphatic heterocycles. The van der Waals surface area contributed by atoms with Crippen molar-refractivity contribution < 1.29 is 5.11 Å². The average molecular weight is 247 g/mol. The van der Waals surface area contributed by atoms with Crippen molar-refractivity contribution in [2.75, 3.05) is 19.6 Å². The molecular weight excluding hydrogens is 222 g/mol. The summed E-state index contributed by atoms with van der Waals surface area (Å²) in [6.07, 6.45) is 3.51. The summed E-state index contributed by atoms with van der Waals surface area (Å²) in [5.74, 6) is 0.839. The van der Waals surface area contributed by atoms with Gasteiger partial charge < -0.3 is 10.0 Å². The molecule has 2 nitrogen and oxygen atoms in total. The Morgan fingerprint density at radius 1 is 1.22 bits per heavy atom. The largest absolute Gasteiger partial charge is 0.387 e. The highest BCUT2D eigenvalue weighted by Crippen LogP contribution is 2.20. The van der Waals surface area contributed by atoms with E-state index < -0.39 is 0 Å². The summed E-state index contributed by atoms with van der Waals surface area (Å²) in [4.78, 5) is 2.41. The molecule has 0 aliphatic carbocycles. The van der Waals surface area contributed by atoms with Crippen LogP contribution in [0.5, 0.6) is 0 Å². The lowest BCUT2D eigenvalue weighted by Gasteiger charge is -2.23. The van der Waals surface area contributed by atoms with Crippen molar-refractivity contribution in [1.29, 1.82) is 0 Å². The third-order valence-electron chi connectivity index (χ3n) is 4.00. The summed E-state index contributed by atoms with van der Waals surface area (Å²) < 4.78 is 0. The Morgan fingerprint density at radius 3 is 2.67 bits per heavy atom. The van der Waals surface area contributed by atoms with E-state index in [0.717, 1.165) is 31.1 Å². The average Bonchev–Trinajstić information content (AvgIpc) is 2.55. The van der Waals surface area contributed by atoms with E-state index in [4.69, 9.17) is 0 Å².